The summed E-state index contributed by atoms with van der Waals surface area (Å²) in [6.07, 6.45) is 5.38. The van der Waals surface area contributed by atoms with Crippen LogP contribution < -0.4 is 20.9 Å². The number of carbonyl (C=O) groups excluding carboxylic acids is 2. The van der Waals surface area contributed by atoms with Gasteiger partial charge in [-0.3, -0.25) is 9.59 Å². The van der Waals surface area contributed by atoms with Crippen LogP contribution >= 0.6 is 0 Å². The Hall–Kier alpha value is -5.22. The van der Waals surface area contributed by atoms with E-state index in [1.54, 1.807) is 43.6 Å². The van der Waals surface area contributed by atoms with E-state index in [4.69, 9.17) is 4.98 Å². The fourth-order valence-corrected chi connectivity index (χ4v) is 5.32. The maximum atomic E-state index is 12.9. The van der Waals surface area contributed by atoms with Gasteiger partial charge in [-0.15, -0.1) is 0 Å². The van der Waals surface area contributed by atoms with Crippen LogP contribution in [-0.4, -0.2) is 70.9 Å². The Bertz CT molecular complexity index is 1740. The first kappa shape index (κ1) is 27.9. The number of imidazole rings is 1. The number of carbonyl (C=O) groups is 2. The third kappa shape index (κ3) is 6.05. The second-order valence-electron chi connectivity index (χ2n) is 10.4. The Morgan fingerprint density at radius 2 is 1.63 bits per heavy atom. The van der Waals surface area contributed by atoms with E-state index in [-0.39, 0.29) is 11.8 Å². The minimum atomic E-state index is -0.256. The number of nitrogens with one attached hydrogen (secondary N) is 3. The predicted octanol–water partition coefficient (Wildman–Crippen LogP) is 4.89. The van der Waals surface area contributed by atoms with Crippen LogP contribution in [0.5, 0.6) is 0 Å². The molecule has 0 aliphatic carbocycles. The molecular formula is C33H34N8O2. The lowest BCUT2D eigenvalue weighted by Crippen LogP contribution is -2.46. The zero-order valence-corrected chi connectivity index (χ0v) is 24.2. The summed E-state index contributed by atoms with van der Waals surface area (Å²) in [7, 11) is 1.59. The molecule has 0 spiro atoms. The van der Waals surface area contributed by atoms with Crippen molar-refractivity contribution in [3.05, 3.63) is 103 Å². The molecular weight excluding hydrogens is 540 g/mol. The normalized spacial score (nSPS) is 13.6. The summed E-state index contributed by atoms with van der Waals surface area (Å²) in [6, 6.07) is 22.5. The summed E-state index contributed by atoms with van der Waals surface area (Å²) in [6.45, 7) is 7.45. The summed E-state index contributed by atoms with van der Waals surface area (Å²) in [5, 5.41) is 9.07. The van der Waals surface area contributed by atoms with Gasteiger partial charge in [0.05, 0.1) is 5.69 Å². The maximum absolute atomic E-state index is 12.9. The van der Waals surface area contributed by atoms with E-state index >= 15 is 0 Å². The van der Waals surface area contributed by atoms with Crippen molar-refractivity contribution >= 4 is 40.3 Å². The number of likely N-dealkylation sites (N-methyl/N-ethyl adjacent to an activating group) is 1. The molecule has 1 aliphatic heterocycles. The number of piperazine rings is 1. The number of hydrogen-bond acceptors (Lipinski definition) is 7. The highest BCUT2D eigenvalue weighted by atomic mass is 16.2. The van der Waals surface area contributed by atoms with Crippen molar-refractivity contribution in [1.82, 2.24) is 24.6 Å². The topological polar surface area (TPSA) is 107 Å². The van der Waals surface area contributed by atoms with Crippen LogP contribution in [0.1, 0.15) is 27.6 Å². The largest absolute Gasteiger partial charge is 0.369 e. The molecule has 10 heteroatoms. The van der Waals surface area contributed by atoms with E-state index in [1.165, 1.54) is 5.69 Å². The molecule has 3 heterocycles. The molecule has 2 aromatic heterocycles. The van der Waals surface area contributed by atoms with Gasteiger partial charge in [0.2, 0.25) is 0 Å². The lowest BCUT2D eigenvalue weighted by atomic mass is 10.0. The minimum Gasteiger partial charge on any atom is -0.369 e. The maximum Gasteiger partial charge on any atom is 0.255 e. The SMILES string of the molecule is CCN1CCN(c2ccc(Nc3nc(-c4cc(NC(=O)c5ccccc5)ccc4C(=O)NC)cn4ccnc34)cc2)CC1. The standard InChI is InChI=1S/C33H34N8O2/c1-3-39-17-19-40(20-18-39)26-12-9-24(10-13-26)36-30-31-35-15-16-41(31)22-29(38-30)28-21-25(11-14-27(28)33(43)34-2)37-32(42)23-7-5-4-6-8-23/h4-16,21-22H,3,17-20H2,1-2H3,(H,34,43)(H,36,38)(H,37,42). The molecule has 5 aromatic rings. The van der Waals surface area contributed by atoms with Gasteiger partial charge in [-0.2, -0.15) is 0 Å². The molecule has 0 radical (unpaired) electrons. The zero-order chi connectivity index (χ0) is 29.8. The molecule has 43 heavy (non-hydrogen) atoms. The quantitative estimate of drug-likeness (QED) is 0.242. The second kappa shape index (κ2) is 12.3. The van der Waals surface area contributed by atoms with Crippen molar-refractivity contribution in [3.63, 3.8) is 0 Å². The van der Waals surface area contributed by atoms with Gasteiger partial charge in [-0.05, 0) is 61.1 Å². The van der Waals surface area contributed by atoms with Crippen LogP contribution in [0, 0.1) is 0 Å². The lowest BCUT2D eigenvalue weighted by molar-refractivity contribution is 0.0963. The first-order chi connectivity index (χ1) is 21.0. The van der Waals surface area contributed by atoms with E-state index in [0.717, 1.165) is 38.4 Å². The average Bonchev–Trinajstić information content (AvgIpc) is 3.54. The number of fused-ring (bicyclic) bond motifs is 1. The lowest BCUT2D eigenvalue weighted by Gasteiger charge is -2.35. The molecule has 1 saturated heterocycles. The van der Waals surface area contributed by atoms with Crippen LogP contribution in [0.25, 0.3) is 16.9 Å². The Morgan fingerprint density at radius 3 is 2.35 bits per heavy atom. The van der Waals surface area contributed by atoms with Crippen LogP contribution in [0.4, 0.5) is 22.9 Å². The van der Waals surface area contributed by atoms with Crippen molar-refractivity contribution in [2.24, 2.45) is 0 Å². The van der Waals surface area contributed by atoms with Crippen LogP contribution in [0.3, 0.4) is 0 Å². The second-order valence-corrected chi connectivity index (χ2v) is 10.4. The Kier molecular flexibility index (Phi) is 8.01. The number of amides is 2. The smallest absolute Gasteiger partial charge is 0.255 e. The van der Waals surface area contributed by atoms with Gasteiger partial charge < -0.3 is 30.2 Å². The predicted molar refractivity (Wildman–Crippen MR) is 170 cm³/mol. The number of aromatic nitrogens is 3. The number of benzene rings is 3. The van der Waals surface area contributed by atoms with Gasteiger partial charge in [0.15, 0.2) is 11.5 Å². The number of anilines is 4. The third-order valence-corrected chi connectivity index (χ3v) is 7.75. The van der Waals surface area contributed by atoms with Crippen molar-refractivity contribution in [3.8, 4) is 11.3 Å². The van der Waals surface area contributed by atoms with Crippen LogP contribution in [0.15, 0.2) is 91.4 Å². The molecule has 1 fully saturated rings. The number of hydrogen-bond donors (Lipinski definition) is 3. The summed E-state index contributed by atoms with van der Waals surface area (Å²) in [5.74, 6) is 0.0528. The molecule has 0 unspecified atom stereocenters. The van der Waals surface area contributed by atoms with E-state index in [9.17, 15) is 9.59 Å². The zero-order valence-electron chi connectivity index (χ0n) is 24.2. The van der Waals surface area contributed by atoms with E-state index in [0.29, 0.717) is 39.5 Å². The van der Waals surface area contributed by atoms with Gasteiger partial charge in [0.1, 0.15) is 0 Å². The Morgan fingerprint density at radius 1 is 0.884 bits per heavy atom. The van der Waals surface area contributed by atoms with Gasteiger partial charge in [-0.1, -0.05) is 25.1 Å². The third-order valence-electron chi connectivity index (χ3n) is 7.75. The molecule has 1 aliphatic rings. The van der Waals surface area contributed by atoms with E-state index in [1.807, 2.05) is 47.1 Å². The first-order valence-corrected chi connectivity index (χ1v) is 14.4. The van der Waals surface area contributed by atoms with Gasteiger partial charge in [0, 0.05) is 85.6 Å². The van der Waals surface area contributed by atoms with Crippen molar-refractivity contribution in [2.45, 2.75) is 6.92 Å². The fourth-order valence-electron chi connectivity index (χ4n) is 5.32. The Balaban J connectivity index is 1.31. The summed E-state index contributed by atoms with van der Waals surface area (Å²) < 4.78 is 1.87. The fraction of sp³-hybridized carbons (Fsp3) is 0.212. The molecule has 3 aromatic carbocycles. The summed E-state index contributed by atoms with van der Waals surface area (Å²) in [4.78, 5) is 40.0. The molecule has 10 nitrogen and oxygen atoms in total. The molecule has 0 saturated carbocycles. The number of rotatable bonds is 8. The average molecular weight is 575 g/mol. The first-order valence-electron chi connectivity index (χ1n) is 14.4. The van der Waals surface area contributed by atoms with Crippen molar-refractivity contribution in [1.29, 1.82) is 0 Å². The van der Waals surface area contributed by atoms with Gasteiger partial charge in [-0.25, -0.2) is 9.97 Å². The van der Waals surface area contributed by atoms with Gasteiger partial charge in [0.25, 0.3) is 11.8 Å². The highest BCUT2D eigenvalue weighted by Gasteiger charge is 2.19. The molecule has 0 bridgehead atoms. The number of nitrogens with zero attached hydrogens (tertiary/aromatic N) is 5. The highest BCUT2D eigenvalue weighted by molar-refractivity contribution is 6.06. The van der Waals surface area contributed by atoms with Crippen LogP contribution in [0.2, 0.25) is 0 Å². The molecule has 6 rings (SSSR count). The molecule has 3 N–H and O–H groups in total. The minimum absolute atomic E-state index is 0.240. The van der Waals surface area contributed by atoms with E-state index < -0.39 is 0 Å². The summed E-state index contributed by atoms with van der Waals surface area (Å²) in [5.41, 5.74) is 5.37. The monoisotopic (exact) mass is 574 g/mol. The molecule has 0 atom stereocenters. The summed E-state index contributed by atoms with van der Waals surface area (Å²) >= 11 is 0. The van der Waals surface area contributed by atoms with Crippen LogP contribution in [-0.2, 0) is 0 Å². The van der Waals surface area contributed by atoms with Crippen molar-refractivity contribution < 1.29 is 9.59 Å². The van der Waals surface area contributed by atoms with E-state index in [2.05, 4.69) is 49.8 Å². The molecule has 218 valence electrons. The van der Waals surface area contributed by atoms with Crippen molar-refractivity contribution in [2.75, 3.05) is 55.3 Å². The highest BCUT2D eigenvalue weighted by Crippen LogP contribution is 2.30. The van der Waals surface area contributed by atoms with Gasteiger partial charge >= 0.3 is 0 Å². The molecule has 2 amide bonds. The Labute approximate surface area is 250 Å².